The minimum atomic E-state index is -0.381. The molecule has 7 heteroatoms. The van der Waals surface area contributed by atoms with Crippen LogP contribution in [0.2, 0.25) is 0 Å². The summed E-state index contributed by atoms with van der Waals surface area (Å²) in [6.45, 7) is 0.375. The second-order valence-corrected chi connectivity index (χ2v) is 5.33. The van der Waals surface area contributed by atoms with Gasteiger partial charge in [-0.05, 0) is 44.7 Å². The van der Waals surface area contributed by atoms with E-state index in [9.17, 15) is 4.79 Å². The first-order valence-electron chi connectivity index (χ1n) is 4.77. The molecule has 1 heterocycles. The molecule has 2 rings (SSSR count). The van der Waals surface area contributed by atoms with E-state index >= 15 is 0 Å². The molecule has 0 bridgehead atoms. The van der Waals surface area contributed by atoms with Crippen molar-refractivity contribution in [3.8, 4) is 0 Å². The lowest BCUT2D eigenvalue weighted by atomic mass is 10.1. The molecule has 0 unspecified atom stereocenters. The molecule has 86 valence electrons. The summed E-state index contributed by atoms with van der Waals surface area (Å²) in [4.78, 5) is 20.0. The molecule has 5 nitrogen and oxygen atoms in total. The highest BCUT2D eigenvalue weighted by atomic mass is 79.9. The number of carbonyl (C=O) groups excluding carboxylic acids is 1. The summed E-state index contributed by atoms with van der Waals surface area (Å²) in [5.74, 6) is 0.347. The zero-order valence-corrected chi connectivity index (χ0v) is 11.5. The van der Waals surface area contributed by atoms with Gasteiger partial charge in [-0.1, -0.05) is 0 Å². The van der Waals surface area contributed by atoms with E-state index in [0.717, 1.165) is 12.8 Å². The molecule has 0 spiro atoms. The second kappa shape index (κ2) is 4.38. The molecule has 0 aliphatic heterocycles. The topological polar surface area (TPSA) is 80.9 Å². The monoisotopic (exact) mass is 348 g/mol. The normalized spacial score (nSPS) is 16.9. The summed E-state index contributed by atoms with van der Waals surface area (Å²) in [7, 11) is 0. The number of nitrogens with two attached hydrogens (primary N) is 1. The number of rotatable bonds is 3. The van der Waals surface area contributed by atoms with E-state index in [1.54, 1.807) is 0 Å². The number of hydrogen-bond donors (Lipinski definition) is 2. The Morgan fingerprint density at radius 1 is 1.56 bits per heavy atom. The summed E-state index contributed by atoms with van der Waals surface area (Å²) in [6.07, 6.45) is 3.22. The van der Waals surface area contributed by atoms with Crippen molar-refractivity contribution >= 4 is 43.6 Å². The van der Waals surface area contributed by atoms with Crippen molar-refractivity contribution < 1.29 is 4.79 Å². The second-order valence-electron chi connectivity index (χ2n) is 3.77. The van der Waals surface area contributed by atoms with Gasteiger partial charge < -0.3 is 11.1 Å². The molecular formula is C9H10Br2N4O. The minimum absolute atomic E-state index is 0.0766. The Kier molecular flexibility index (Phi) is 3.27. The van der Waals surface area contributed by atoms with Crippen molar-refractivity contribution in [2.75, 3.05) is 11.9 Å². The van der Waals surface area contributed by atoms with Crippen LogP contribution >= 0.6 is 31.9 Å². The fraction of sp³-hybridized carbons (Fsp3) is 0.444. The highest BCUT2D eigenvalue weighted by molar-refractivity contribution is 9.11. The van der Waals surface area contributed by atoms with Gasteiger partial charge in [0, 0.05) is 6.54 Å². The van der Waals surface area contributed by atoms with Crippen molar-refractivity contribution in [1.29, 1.82) is 0 Å². The standard InChI is InChI=1S/C9H10Br2N4O/c10-5-3-13-7(6(11)14-5)15-8(16)9(4-12)1-2-9/h3H,1-2,4,12H2,(H,13,15,16). The van der Waals surface area contributed by atoms with Crippen LogP contribution in [0.25, 0.3) is 0 Å². The summed E-state index contributed by atoms with van der Waals surface area (Å²) in [5, 5.41) is 2.73. The van der Waals surface area contributed by atoms with Crippen molar-refractivity contribution in [1.82, 2.24) is 9.97 Å². The SMILES string of the molecule is NCC1(C(=O)Nc2ncc(Br)nc2Br)CC1. The van der Waals surface area contributed by atoms with Crippen LogP contribution in [0.4, 0.5) is 5.82 Å². The van der Waals surface area contributed by atoms with Crippen LogP contribution < -0.4 is 11.1 Å². The number of amides is 1. The number of hydrogen-bond acceptors (Lipinski definition) is 4. The molecule has 0 aromatic carbocycles. The first-order chi connectivity index (χ1) is 7.57. The van der Waals surface area contributed by atoms with Gasteiger partial charge in [-0.3, -0.25) is 4.79 Å². The van der Waals surface area contributed by atoms with Crippen LogP contribution in [0.1, 0.15) is 12.8 Å². The number of carbonyl (C=O) groups is 1. The van der Waals surface area contributed by atoms with Crippen LogP contribution in [0.15, 0.2) is 15.4 Å². The lowest BCUT2D eigenvalue weighted by Crippen LogP contribution is -2.31. The number of anilines is 1. The molecule has 0 saturated heterocycles. The van der Waals surface area contributed by atoms with Gasteiger partial charge in [-0.15, -0.1) is 0 Å². The van der Waals surface area contributed by atoms with E-state index in [4.69, 9.17) is 5.73 Å². The lowest BCUT2D eigenvalue weighted by molar-refractivity contribution is -0.120. The molecule has 1 aliphatic carbocycles. The molecule has 1 saturated carbocycles. The van der Waals surface area contributed by atoms with Crippen molar-refractivity contribution in [3.63, 3.8) is 0 Å². The zero-order valence-electron chi connectivity index (χ0n) is 8.33. The average Bonchev–Trinajstić information content (AvgIpc) is 3.03. The Labute approximate surface area is 109 Å². The fourth-order valence-electron chi connectivity index (χ4n) is 1.35. The first-order valence-corrected chi connectivity index (χ1v) is 6.35. The van der Waals surface area contributed by atoms with Crippen molar-refractivity contribution in [2.24, 2.45) is 11.1 Å². The zero-order chi connectivity index (χ0) is 11.8. The van der Waals surface area contributed by atoms with Crippen LogP contribution in [0, 0.1) is 5.41 Å². The largest absolute Gasteiger partial charge is 0.329 e. The number of halogens is 2. The smallest absolute Gasteiger partial charge is 0.233 e. The van der Waals surface area contributed by atoms with Gasteiger partial charge in [-0.25, -0.2) is 9.97 Å². The number of nitrogens with one attached hydrogen (secondary N) is 1. The maximum atomic E-state index is 11.9. The van der Waals surface area contributed by atoms with E-state index in [0.29, 0.717) is 21.6 Å². The average molecular weight is 350 g/mol. The van der Waals surface area contributed by atoms with E-state index in [-0.39, 0.29) is 11.3 Å². The molecule has 3 N–H and O–H groups in total. The van der Waals surface area contributed by atoms with Gasteiger partial charge in [0.05, 0.1) is 11.6 Å². The summed E-state index contributed by atoms with van der Waals surface area (Å²) in [5.41, 5.74) is 5.19. The summed E-state index contributed by atoms with van der Waals surface area (Å²) >= 11 is 6.43. The Balaban J connectivity index is 2.12. The molecule has 1 aromatic heterocycles. The first kappa shape index (κ1) is 11.9. The predicted molar refractivity (Wildman–Crippen MR) is 66.8 cm³/mol. The van der Waals surface area contributed by atoms with Crippen LogP contribution in [-0.4, -0.2) is 22.4 Å². The van der Waals surface area contributed by atoms with Crippen molar-refractivity contribution in [3.05, 3.63) is 15.4 Å². The lowest BCUT2D eigenvalue weighted by Gasteiger charge is -2.12. The predicted octanol–water partition coefficient (Wildman–Crippen LogP) is 1.68. The van der Waals surface area contributed by atoms with Gasteiger partial charge in [0.1, 0.15) is 9.21 Å². The number of aromatic nitrogens is 2. The Hall–Kier alpha value is -0.530. The Bertz CT molecular complexity index is 434. The fourth-order valence-corrected chi connectivity index (χ4v) is 2.26. The van der Waals surface area contributed by atoms with Crippen LogP contribution in [0.5, 0.6) is 0 Å². The van der Waals surface area contributed by atoms with E-state index in [1.165, 1.54) is 6.20 Å². The van der Waals surface area contributed by atoms with Gasteiger partial charge >= 0.3 is 0 Å². The van der Waals surface area contributed by atoms with E-state index in [2.05, 4.69) is 47.1 Å². The van der Waals surface area contributed by atoms with Crippen molar-refractivity contribution in [2.45, 2.75) is 12.8 Å². The highest BCUT2D eigenvalue weighted by Crippen LogP contribution is 2.45. The summed E-state index contributed by atoms with van der Waals surface area (Å²) < 4.78 is 1.11. The van der Waals surface area contributed by atoms with Gasteiger partial charge in [0.15, 0.2) is 5.82 Å². The third-order valence-electron chi connectivity index (χ3n) is 2.66. The molecule has 1 fully saturated rings. The molecule has 1 amide bonds. The van der Waals surface area contributed by atoms with Crippen LogP contribution in [-0.2, 0) is 4.79 Å². The third-order valence-corrected chi connectivity index (χ3v) is 3.59. The van der Waals surface area contributed by atoms with Gasteiger partial charge in [0.2, 0.25) is 5.91 Å². The van der Waals surface area contributed by atoms with Crippen LogP contribution in [0.3, 0.4) is 0 Å². The molecule has 0 atom stereocenters. The molecule has 1 aliphatic rings. The summed E-state index contributed by atoms with van der Waals surface area (Å²) in [6, 6.07) is 0. The third kappa shape index (κ3) is 2.26. The maximum Gasteiger partial charge on any atom is 0.233 e. The molecular weight excluding hydrogens is 340 g/mol. The maximum absolute atomic E-state index is 11.9. The van der Waals surface area contributed by atoms with Gasteiger partial charge in [0.25, 0.3) is 0 Å². The number of nitrogens with zero attached hydrogens (tertiary/aromatic N) is 2. The van der Waals surface area contributed by atoms with E-state index < -0.39 is 0 Å². The Morgan fingerprint density at radius 3 is 2.75 bits per heavy atom. The molecule has 0 radical (unpaired) electrons. The molecule has 16 heavy (non-hydrogen) atoms. The highest BCUT2D eigenvalue weighted by Gasteiger charge is 2.48. The quantitative estimate of drug-likeness (QED) is 0.869. The van der Waals surface area contributed by atoms with Gasteiger partial charge in [-0.2, -0.15) is 0 Å². The van der Waals surface area contributed by atoms with E-state index in [1.807, 2.05) is 0 Å². The minimum Gasteiger partial charge on any atom is -0.329 e. The molecule has 1 aromatic rings. The Morgan fingerprint density at radius 2 is 2.25 bits per heavy atom.